The van der Waals surface area contributed by atoms with E-state index in [0.717, 1.165) is 16.8 Å². The van der Waals surface area contributed by atoms with Gasteiger partial charge in [-0.25, -0.2) is 9.36 Å². The molecule has 0 atom stereocenters. The smallest absolute Gasteiger partial charge is 0.280 e. The second-order valence-corrected chi connectivity index (χ2v) is 8.20. The summed E-state index contributed by atoms with van der Waals surface area (Å²) in [5.41, 5.74) is 3.66. The molecule has 8 heteroatoms. The van der Waals surface area contributed by atoms with E-state index >= 15 is 0 Å². The summed E-state index contributed by atoms with van der Waals surface area (Å²) in [6.07, 6.45) is 3.74. The number of fused-ring (bicyclic) bond motifs is 1. The molecule has 0 spiro atoms. The monoisotopic (exact) mass is 452 g/mol. The Morgan fingerprint density at radius 1 is 0.912 bits per heavy atom. The molecule has 0 bridgehead atoms. The van der Waals surface area contributed by atoms with Crippen molar-refractivity contribution in [3.63, 3.8) is 0 Å². The first kappa shape index (κ1) is 21.4. The van der Waals surface area contributed by atoms with Gasteiger partial charge in [-0.1, -0.05) is 48.0 Å². The molecule has 1 N–H and O–H groups in total. The minimum Gasteiger partial charge on any atom is -0.350 e. The van der Waals surface area contributed by atoms with Gasteiger partial charge in [0.1, 0.15) is 17.4 Å². The molecule has 34 heavy (non-hydrogen) atoms. The first-order valence-corrected chi connectivity index (χ1v) is 11.0. The molecule has 0 saturated heterocycles. The van der Waals surface area contributed by atoms with Gasteiger partial charge in [-0.15, -0.1) is 0 Å². The van der Waals surface area contributed by atoms with Crippen LogP contribution in [0.3, 0.4) is 0 Å². The van der Waals surface area contributed by atoms with Gasteiger partial charge in [-0.2, -0.15) is 10.2 Å². The Labute approximate surface area is 196 Å². The average molecular weight is 453 g/mol. The highest BCUT2D eigenvalue weighted by molar-refractivity contribution is 5.88. The lowest BCUT2D eigenvalue weighted by atomic mass is 10.2. The van der Waals surface area contributed by atoms with Crippen molar-refractivity contribution in [1.82, 2.24) is 29.4 Å². The number of hydrogen-bond acceptors (Lipinski definition) is 4. The standard InChI is InChI=1S/C26H24N6O2/c1-18-10-12-21(13-11-18)32-25(30-14-6-7-15-30)23-24(29-32)19(2)28-31(26(23)34)17-22(33)27-16-20-8-4-3-5-9-20/h3-15H,16-17H2,1-2H3,(H,27,33). The third-order valence-corrected chi connectivity index (χ3v) is 5.68. The zero-order chi connectivity index (χ0) is 23.7. The van der Waals surface area contributed by atoms with Gasteiger partial charge in [-0.05, 0) is 43.7 Å². The number of rotatable bonds is 6. The van der Waals surface area contributed by atoms with Crippen molar-refractivity contribution in [2.24, 2.45) is 0 Å². The molecule has 5 aromatic rings. The highest BCUT2D eigenvalue weighted by atomic mass is 16.2. The summed E-state index contributed by atoms with van der Waals surface area (Å²) < 4.78 is 4.82. The number of nitrogens with zero attached hydrogens (tertiary/aromatic N) is 5. The van der Waals surface area contributed by atoms with Gasteiger partial charge in [0, 0.05) is 18.9 Å². The summed E-state index contributed by atoms with van der Waals surface area (Å²) in [5.74, 6) is 0.323. The number of carbonyl (C=O) groups is 1. The van der Waals surface area contributed by atoms with E-state index in [1.807, 2.05) is 90.6 Å². The Morgan fingerprint density at radius 3 is 2.32 bits per heavy atom. The predicted molar refractivity (Wildman–Crippen MR) is 130 cm³/mol. The van der Waals surface area contributed by atoms with Crippen LogP contribution in [0, 0.1) is 13.8 Å². The third kappa shape index (κ3) is 4.01. The van der Waals surface area contributed by atoms with Crippen molar-refractivity contribution in [3.05, 3.63) is 106 Å². The highest BCUT2D eigenvalue weighted by Crippen LogP contribution is 2.24. The molecule has 3 heterocycles. The number of amides is 1. The van der Waals surface area contributed by atoms with Crippen molar-refractivity contribution in [1.29, 1.82) is 0 Å². The van der Waals surface area contributed by atoms with E-state index < -0.39 is 0 Å². The number of aryl methyl sites for hydroxylation is 2. The van der Waals surface area contributed by atoms with Gasteiger partial charge in [0.2, 0.25) is 5.91 Å². The largest absolute Gasteiger partial charge is 0.350 e. The van der Waals surface area contributed by atoms with E-state index in [2.05, 4.69) is 10.4 Å². The van der Waals surface area contributed by atoms with Crippen LogP contribution in [0.25, 0.3) is 22.4 Å². The molecule has 0 radical (unpaired) electrons. The number of aromatic nitrogens is 5. The molecule has 0 saturated carbocycles. The Morgan fingerprint density at radius 2 is 1.62 bits per heavy atom. The van der Waals surface area contributed by atoms with Gasteiger partial charge < -0.3 is 9.88 Å². The first-order valence-electron chi connectivity index (χ1n) is 11.0. The van der Waals surface area contributed by atoms with Crippen LogP contribution >= 0.6 is 0 Å². The van der Waals surface area contributed by atoms with Crippen LogP contribution in [-0.4, -0.2) is 30.0 Å². The van der Waals surface area contributed by atoms with Crippen molar-refractivity contribution >= 4 is 16.8 Å². The Balaban J connectivity index is 1.57. The first-order chi connectivity index (χ1) is 16.5. The maximum atomic E-state index is 13.6. The minimum atomic E-state index is -0.363. The van der Waals surface area contributed by atoms with E-state index in [0.29, 0.717) is 29.0 Å². The van der Waals surface area contributed by atoms with Gasteiger partial charge >= 0.3 is 0 Å². The van der Waals surface area contributed by atoms with Crippen molar-refractivity contribution in [2.45, 2.75) is 26.9 Å². The Hall–Kier alpha value is -4.46. The van der Waals surface area contributed by atoms with E-state index in [-0.39, 0.29) is 18.0 Å². The molecular weight excluding hydrogens is 428 g/mol. The quantitative estimate of drug-likeness (QED) is 0.428. The van der Waals surface area contributed by atoms with Crippen LogP contribution in [0.15, 0.2) is 83.9 Å². The van der Waals surface area contributed by atoms with Crippen LogP contribution in [0.4, 0.5) is 0 Å². The van der Waals surface area contributed by atoms with Crippen LogP contribution in [-0.2, 0) is 17.9 Å². The number of nitrogens with one attached hydrogen (secondary N) is 1. The molecular formula is C26H24N6O2. The molecule has 0 unspecified atom stereocenters. The maximum Gasteiger partial charge on any atom is 0.280 e. The molecule has 0 aliphatic carbocycles. The molecule has 8 nitrogen and oxygen atoms in total. The fraction of sp³-hybridized carbons (Fsp3) is 0.154. The zero-order valence-corrected chi connectivity index (χ0v) is 19.0. The molecule has 0 aliphatic rings. The summed E-state index contributed by atoms with van der Waals surface area (Å²) in [6, 6.07) is 21.3. The number of hydrogen-bond donors (Lipinski definition) is 1. The van der Waals surface area contributed by atoms with Crippen LogP contribution in [0.5, 0.6) is 0 Å². The Kier molecular flexibility index (Phi) is 5.55. The maximum absolute atomic E-state index is 13.6. The van der Waals surface area contributed by atoms with Gasteiger partial charge in [0.15, 0.2) is 5.82 Å². The van der Waals surface area contributed by atoms with Gasteiger partial charge in [-0.3, -0.25) is 9.59 Å². The topological polar surface area (TPSA) is 86.7 Å². The fourth-order valence-corrected chi connectivity index (χ4v) is 3.94. The lowest BCUT2D eigenvalue weighted by molar-refractivity contribution is -0.122. The lowest BCUT2D eigenvalue weighted by Gasteiger charge is -2.10. The van der Waals surface area contributed by atoms with Crippen molar-refractivity contribution in [2.75, 3.05) is 0 Å². The number of carbonyl (C=O) groups excluding carboxylic acids is 1. The SMILES string of the molecule is Cc1ccc(-n2nc3c(C)nn(CC(=O)NCc4ccccc4)c(=O)c3c2-n2cccc2)cc1. The summed E-state index contributed by atoms with van der Waals surface area (Å²) in [7, 11) is 0. The predicted octanol–water partition coefficient (Wildman–Crippen LogP) is 3.31. The summed E-state index contributed by atoms with van der Waals surface area (Å²) in [6.45, 7) is 4.02. The van der Waals surface area contributed by atoms with Crippen LogP contribution in [0.2, 0.25) is 0 Å². The molecule has 0 fully saturated rings. The zero-order valence-electron chi connectivity index (χ0n) is 19.0. The van der Waals surface area contributed by atoms with E-state index in [1.54, 1.807) is 11.6 Å². The average Bonchev–Trinajstić information content (AvgIpc) is 3.50. The van der Waals surface area contributed by atoms with Crippen LogP contribution < -0.4 is 10.9 Å². The van der Waals surface area contributed by atoms with Gasteiger partial charge in [0.05, 0.1) is 11.4 Å². The van der Waals surface area contributed by atoms with Gasteiger partial charge in [0.25, 0.3) is 5.56 Å². The summed E-state index contributed by atoms with van der Waals surface area (Å²) in [4.78, 5) is 26.2. The molecule has 2 aromatic carbocycles. The molecule has 170 valence electrons. The minimum absolute atomic E-state index is 0.177. The molecule has 1 amide bonds. The summed E-state index contributed by atoms with van der Waals surface area (Å²) in [5, 5.41) is 12.4. The summed E-state index contributed by atoms with van der Waals surface area (Å²) >= 11 is 0. The Bertz CT molecular complexity index is 1510. The van der Waals surface area contributed by atoms with E-state index in [9.17, 15) is 9.59 Å². The van der Waals surface area contributed by atoms with E-state index in [4.69, 9.17) is 5.10 Å². The van der Waals surface area contributed by atoms with Crippen molar-refractivity contribution in [3.8, 4) is 11.5 Å². The molecule has 3 aromatic heterocycles. The number of benzene rings is 2. The normalized spacial score (nSPS) is 11.1. The second-order valence-electron chi connectivity index (χ2n) is 8.20. The third-order valence-electron chi connectivity index (χ3n) is 5.68. The molecule has 0 aliphatic heterocycles. The van der Waals surface area contributed by atoms with Crippen molar-refractivity contribution < 1.29 is 4.79 Å². The van der Waals surface area contributed by atoms with Crippen LogP contribution in [0.1, 0.15) is 16.8 Å². The van der Waals surface area contributed by atoms with E-state index in [1.165, 1.54) is 4.68 Å². The second kappa shape index (κ2) is 8.82. The molecule has 5 rings (SSSR count). The fourth-order valence-electron chi connectivity index (χ4n) is 3.94. The lowest BCUT2D eigenvalue weighted by Crippen LogP contribution is -2.34. The highest BCUT2D eigenvalue weighted by Gasteiger charge is 2.22.